The van der Waals surface area contributed by atoms with Crippen LogP contribution in [-0.2, 0) is 6.54 Å². The zero-order valence-corrected chi connectivity index (χ0v) is 9.50. The summed E-state index contributed by atoms with van der Waals surface area (Å²) in [6, 6.07) is 10.2. The number of imidazole rings is 1. The van der Waals surface area contributed by atoms with Gasteiger partial charge in [-0.2, -0.15) is 0 Å². The van der Waals surface area contributed by atoms with Crippen molar-refractivity contribution >= 4 is 0 Å². The van der Waals surface area contributed by atoms with E-state index in [1.54, 1.807) is 0 Å². The van der Waals surface area contributed by atoms with Crippen LogP contribution in [0.25, 0.3) is 11.4 Å². The summed E-state index contributed by atoms with van der Waals surface area (Å²) in [5.74, 6) is 1.48. The van der Waals surface area contributed by atoms with Crippen LogP contribution >= 0.6 is 0 Å². The van der Waals surface area contributed by atoms with Gasteiger partial charge in [0.15, 0.2) is 0 Å². The van der Waals surface area contributed by atoms with Crippen LogP contribution in [0.15, 0.2) is 42.7 Å². The molecule has 0 aliphatic heterocycles. The minimum absolute atomic E-state index is 0.469. The van der Waals surface area contributed by atoms with E-state index in [0.29, 0.717) is 12.5 Å². The van der Waals surface area contributed by atoms with Crippen molar-refractivity contribution in [3.05, 3.63) is 42.7 Å². The van der Waals surface area contributed by atoms with E-state index < -0.39 is 0 Å². The van der Waals surface area contributed by atoms with Crippen LogP contribution < -0.4 is 5.73 Å². The van der Waals surface area contributed by atoms with Crippen molar-refractivity contribution < 1.29 is 0 Å². The fraction of sp³-hybridized carbons (Fsp3) is 0.308. The van der Waals surface area contributed by atoms with Gasteiger partial charge in [0.05, 0.1) is 0 Å². The molecule has 0 spiro atoms. The lowest BCUT2D eigenvalue weighted by Crippen LogP contribution is -2.17. The molecule has 2 aromatic rings. The highest BCUT2D eigenvalue weighted by molar-refractivity contribution is 5.55. The highest BCUT2D eigenvalue weighted by Crippen LogP contribution is 2.17. The number of hydrogen-bond acceptors (Lipinski definition) is 2. The fourth-order valence-electron chi connectivity index (χ4n) is 1.71. The third-order valence-electron chi connectivity index (χ3n) is 2.66. The summed E-state index contributed by atoms with van der Waals surface area (Å²) in [7, 11) is 0. The summed E-state index contributed by atoms with van der Waals surface area (Å²) in [5, 5.41) is 0. The molecule has 0 saturated heterocycles. The molecule has 3 nitrogen and oxygen atoms in total. The third-order valence-corrected chi connectivity index (χ3v) is 2.66. The molecule has 1 unspecified atom stereocenters. The van der Waals surface area contributed by atoms with E-state index in [4.69, 9.17) is 5.73 Å². The minimum atomic E-state index is 0.469. The summed E-state index contributed by atoms with van der Waals surface area (Å²) in [6.07, 6.45) is 3.85. The van der Waals surface area contributed by atoms with E-state index in [9.17, 15) is 0 Å². The highest BCUT2D eigenvalue weighted by Gasteiger charge is 2.07. The summed E-state index contributed by atoms with van der Waals surface area (Å²) in [5.41, 5.74) is 6.79. The van der Waals surface area contributed by atoms with Gasteiger partial charge in [0, 0.05) is 24.5 Å². The molecule has 2 rings (SSSR count). The van der Waals surface area contributed by atoms with Gasteiger partial charge in [-0.15, -0.1) is 0 Å². The lowest BCUT2D eigenvalue weighted by atomic mass is 10.1. The maximum atomic E-state index is 5.64. The Balaban J connectivity index is 2.26. The van der Waals surface area contributed by atoms with E-state index in [2.05, 4.69) is 28.6 Å². The van der Waals surface area contributed by atoms with Gasteiger partial charge in [-0.25, -0.2) is 4.98 Å². The molecule has 1 heterocycles. The van der Waals surface area contributed by atoms with Gasteiger partial charge in [0.25, 0.3) is 0 Å². The van der Waals surface area contributed by atoms with Crippen molar-refractivity contribution in [2.75, 3.05) is 6.54 Å². The second-order valence-electron chi connectivity index (χ2n) is 4.11. The van der Waals surface area contributed by atoms with Crippen molar-refractivity contribution in [1.29, 1.82) is 0 Å². The first-order chi connectivity index (χ1) is 7.81. The first-order valence-electron chi connectivity index (χ1n) is 5.58. The molecule has 1 atom stereocenters. The van der Waals surface area contributed by atoms with Crippen LogP contribution in [0.5, 0.6) is 0 Å². The third kappa shape index (κ3) is 2.31. The predicted molar refractivity (Wildman–Crippen MR) is 65.9 cm³/mol. The minimum Gasteiger partial charge on any atom is -0.331 e. The Morgan fingerprint density at radius 3 is 2.75 bits per heavy atom. The summed E-state index contributed by atoms with van der Waals surface area (Å²) in [4.78, 5) is 4.40. The maximum Gasteiger partial charge on any atom is 0.139 e. The molecular weight excluding hydrogens is 198 g/mol. The van der Waals surface area contributed by atoms with Crippen LogP contribution in [0.4, 0.5) is 0 Å². The molecule has 2 N–H and O–H groups in total. The monoisotopic (exact) mass is 215 g/mol. The van der Waals surface area contributed by atoms with Gasteiger partial charge < -0.3 is 10.3 Å². The van der Waals surface area contributed by atoms with Gasteiger partial charge in [-0.3, -0.25) is 0 Å². The fourth-order valence-corrected chi connectivity index (χ4v) is 1.71. The van der Waals surface area contributed by atoms with Gasteiger partial charge in [0.1, 0.15) is 5.82 Å². The van der Waals surface area contributed by atoms with Gasteiger partial charge in [-0.05, 0) is 12.5 Å². The lowest BCUT2D eigenvalue weighted by Gasteiger charge is -2.12. The maximum absolute atomic E-state index is 5.64. The van der Waals surface area contributed by atoms with Crippen LogP contribution in [0.1, 0.15) is 6.92 Å². The molecule has 0 radical (unpaired) electrons. The van der Waals surface area contributed by atoms with Crippen LogP contribution in [0, 0.1) is 5.92 Å². The van der Waals surface area contributed by atoms with Crippen molar-refractivity contribution in [3.8, 4) is 11.4 Å². The van der Waals surface area contributed by atoms with Gasteiger partial charge >= 0.3 is 0 Å². The average molecular weight is 215 g/mol. The largest absolute Gasteiger partial charge is 0.331 e. The van der Waals surface area contributed by atoms with E-state index in [1.165, 1.54) is 0 Å². The van der Waals surface area contributed by atoms with Crippen molar-refractivity contribution in [2.45, 2.75) is 13.5 Å². The van der Waals surface area contributed by atoms with E-state index in [-0.39, 0.29) is 0 Å². The molecule has 0 aliphatic rings. The Kier molecular flexibility index (Phi) is 3.37. The number of rotatable bonds is 4. The molecule has 0 amide bonds. The smallest absolute Gasteiger partial charge is 0.139 e. The Hall–Kier alpha value is -1.61. The molecule has 0 fully saturated rings. The van der Waals surface area contributed by atoms with Gasteiger partial charge in [-0.1, -0.05) is 37.3 Å². The zero-order valence-electron chi connectivity index (χ0n) is 9.50. The second kappa shape index (κ2) is 4.94. The molecule has 3 heteroatoms. The number of nitrogens with zero attached hydrogens (tertiary/aromatic N) is 2. The summed E-state index contributed by atoms with van der Waals surface area (Å²) < 4.78 is 2.16. The van der Waals surface area contributed by atoms with Crippen molar-refractivity contribution in [1.82, 2.24) is 9.55 Å². The first-order valence-corrected chi connectivity index (χ1v) is 5.58. The first kappa shape index (κ1) is 10.9. The standard InChI is InChI=1S/C13H17N3/c1-11(9-14)10-16-8-7-15-13(16)12-5-3-2-4-6-12/h2-8,11H,9-10,14H2,1H3. The summed E-state index contributed by atoms with van der Waals surface area (Å²) >= 11 is 0. The van der Waals surface area contributed by atoms with Gasteiger partial charge in [0.2, 0.25) is 0 Å². The Bertz CT molecular complexity index is 433. The predicted octanol–water partition coefficient (Wildman–Crippen LogP) is 2.14. The lowest BCUT2D eigenvalue weighted by molar-refractivity contribution is 0.495. The van der Waals surface area contributed by atoms with E-state index in [0.717, 1.165) is 17.9 Å². The van der Waals surface area contributed by atoms with Crippen LogP contribution in [0.2, 0.25) is 0 Å². The average Bonchev–Trinajstić information content (AvgIpc) is 2.78. The molecular formula is C13H17N3. The molecule has 84 valence electrons. The number of nitrogens with two attached hydrogens (primary N) is 1. The highest BCUT2D eigenvalue weighted by atomic mass is 15.1. The molecule has 0 aliphatic carbocycles. The molecule has 0 bridgehead atoms. The quantitative estimate of drug-likeness (QED) is 0.849. The Labute approximate surface area is 95.9 Å². The molecule has 1 aromatic carbocycles. The number of benzene rings is 1. The molecule has 16 heavy (non-hydrogen) atoms. The number of aromatic nitrogens is 2. The normalized spacial score (nSPS) is 12.6. The second-order valence-corrected chi connectivity index (χ2v) is 4.11. The van der Waals surface area contributed by atoms with Crippen LogP contribution in [0.3, 0.4) is 0 Å². The molecule has 1 aromatic heterocycles. The van der Waals surface area contributed by atoms with E-state index in [1.807, 2.05) is 30.6 Å². The summed E-state index contributed by atoms with van der Waals surface area (Å²) in [6.45, 7) is 3.77. The van der Waals surface area contributed by atoms with Crippen LogP contribution in [-0.4, -0.2) is 16.1 Å². The Morgan fingerprint density at radius 1 is 1.31 bits per heavy atom. The Morgan fingerprint density at radius 2 is 2.06 bits per heavy atom. The van der Waals surface area contributed by atoms with Crippen molar-refractivity contribution in [2.24, 2.45) is 11.7 Å². The van der Waals surface area contributed by atoms with Crippen molar-refractivity contribution in [3.63, 3.8) is 0 Å². The SMILES string of the molecule is CC(CN)Cn1ccnc1-c1ccccc1. The zero-order chi connectivity index (χ0) is 11.4. The molecule has 0 saturated carbocycles. The number of hydrogen-bond donors (Lipinski definition) is 1. The van der Waals surface area contributed by atoms with E-state index >= 15 is 0 Å². The topological polar surface area (TPSA) is 43.8 Å².